The van der Waals surface area contributed by atoms with E-state index in [1.807, 2.05) is 12.1 Å². The van der Waals surface area contributed by atoms with E-state index in [9.17, 15) is 4.39 Å². The zero-order valence-corrected chi connectivity index (χ0v) is 14.6. The van der Waals surface area contributed by atoms with E-state index in [1.54, 1.807) is 6.07 Å². The van der Waals surface area contributed by atoms with E-state index < -0.39 is 0 Å². The van der Waals surface area contributed by atoms with E-state index in [0.29, 0.717) is 6.04 Å². The lowest BCUT2D eigenvalue weighted by molar-refractivity contribution is 0.188. The molecular weight excluding hydrogens is 355 g/mol. The third-order valence-electron chi connectivity index (χ3n) is 4.39. The summed E-state index contributed by atoms with van der Waals surface area (Å²) in [7, 11) is 0. The van der Waals surface area contributed by atoms with Crippen LogP contribution in [0, 0.1) is 11.7 Å². The molecule has 1 aliphatic carbocycles. The Morgan fingerprint density at radius 3 is 2.52 bits per heavy atom. The molecule has 0 radical (unpaired) electrons. The number of rotatable bonds is 5. The van der Waals surface area contributed by atoms with Crippen LogP contribution >= 0.6 is 28.3 Å². The number of hydrogen-bond donors (Lipinski definition) is 1. The maximum Gasteiger partial charge on any atom is 0.128 e. The van der Waals surface area contributed by atoms with Gasteiger partial charge in [0.2, 0.25) is 0 Å². The molecule has 0 spiro atoms. The molecule has 0 atom stereocenters. The van der Waals surface area contributed by atoms with E-state index in [-0.39, 0.29) is 18.2 Å². The molecule has 0 bridgehead atoms. The van der Waals surface area contributed by atoms with Crippen molar-refractivity contribution >= 4 is 28.3 Å². The van der Waals surface area contributed by atoms with Crippen molar-refractivity contribution in [2.24, 2.45) is 5.92 Å². The highest BCUT2D eigenvalue weighted by molar-refractivity contribution is 9.10. The van der Waals surface area contributed by atoms with Crippen molar-refractivity contribution in [2.75, 3.05) is 19.6 Å². The molecule has 0 aromatic heterocycles. The summed E-state index contributed by atoms with van der Waals surface area (Å²) in [5, 5.41) is 3.68. The van der Waals surface area contributed by atoms with Gasteiger partial charge in [0, 0.05) is 22.6 Å². The summed E-state index contributed by atoms with van der Waals surface area (Å²) in [5.41, 5.74) is 0.803. The third kappa shape index (κ3) is 5.20. The van der Waals surface area contributed by atoms with Crippen molar-refractivity contribution in [3.63, 3.8) is 0 Å². The summed E-state index contributed by atoms with van der Waals surface area (Å²) in [4.78, 5) is 2.36. The molecule has 1 saturated carbocycles. The molecule has 3 rings (SSSR count). The zero-order valence-electron chi connectivity index (χ0n) is 12.2. The van der Waals surface area contributed by atoms with Crippen molar-refractivity contribution in [1.82, 2.24) is 10.2 Å². The quantitative estimate of drug-likeness (QED) is 0.835. The zero-order chi connectivity index (χ0) is 13.9. The van der Waals surface area contributed by atoms with Crippen molar-refractivity contribution in [3.05, 3.63) is 34.1 Å². The second-order valence-corrected chi connectivity index (χ2v) is 7.05. The summed E-state index contributed by atoms with van der Waals surface area (Å²) in [6.07, 6.45) is 5.19. The van der Waals surface area contributed by atoms with Crippen LogP contribution in [-0.2, 0) is 6.54 Å². The van der Waals surface area contributed by atoms with Gasteiger partial charge in [-0.15, -0.1) is 12.4 Å². The molecule has 1 aromatic rings. The number of nitrogens with one attached hydrogen (secondary N) is 1. The van der Waals surface area contributed by atoms with Crippen LogP contribution in [0.2, 0.25) is 0 Å². The normalized spacial score (nSPS) is 20.3. The smallest absolute Gasteiger partial charge is 0.128 e. The lowest BCUT2D eigenvalue weighted by Gasteiger charge is -2.32. The summed E-state index contributed by atoms with van der Waals surface area (Å²) >= 11 is 3.30. The molecule has 1 aliphatic heterocycles. The van der Waals surface area contributed by atoms with Gasteiger partial charge in [0.15, 0.2) is 0 Å². The second-order valence-electron chi connectivity index (χ2n) is 6.14. The van der Waals surface area contributed by atoms with E-state index in [4.69, 9.17) is 0 Å². The average molecular weight is 378 g/mol. The largest absolute Gasteiger partial charge is 0.314 e. The lowest BCUT2D eigenvalue weighted by atomic mass is 10.0. The highest BCUT2D eigenvalue weighted by Crippen LogP contribution is 2.28. The number of hydrogen-bond acceptors (Lipinski definition) is 2. The van der Waals surface area contributed by atoms with Crippen molar-refractivity contribution in [3.8, 4) is 0 Å². The molecule has 1 heterocycles. The predicted octanol–water partition coefficient (Wildman–Crippen LogP) is 3.97. The van der Waals surface area contributed by atoms with Gasteiger partial charge < -0.3 is 5.32 Å². The molecular formula is C16H23BrClFN2. The molecule has 0 unspecified atom stereocenters. The van der Waals surface area contributed by atoms with Crippen molar-refractivity contribution in [1.29, 1.82) is 0 Å². The molecule has 118 valence electrons. The van der Waals surface area contributed by atoms with Crippen molar-refractivity contribution < 1.29 is 4.39 Å². The van der Waals surface area contributed by atoms with E-state index in [2.05, 4.69) is 26.1 Å². The van der Waals surface area contributed by atoms with Crippen LogP contribution in [0.1, 0.15) is 31.2 Å². The van der Waals surface area contributed by atoms with E-state index >= 15 is 0 Å². The van der Waals surface area contributed by atoms with Crippen LogP contribution < -0.4 is 5.32 Å². The summed E-state index contributed by atoms with van der Waals surface area (Å²) in [6, 6.07) is 6.03. The van der Waals surface area contributed by atoms with Gasteiger partial charge in [-0.3, -0.25) is 4.90 Å². The van der Waals surface area contributed by atoms with Crippen LogP contribution in [0.5, 0.6) is 0 Å². The van der Waals surface area contributed by atoms with E-state index in [0.717, 1.165) is 35.6 Å². The predicted molar refractivity (Wildman–Crippen MR) is 90.4 cm³/mol. The van der Waals surface area contributed by atoms with Gasteiger partial charge in [-0.05, 0) is 63.4 Å². The van der Waals surface area contributed by atoms with Crippen molar-refractivity contribution in [2.45, 2.75) is 38.3 Å². The van der Waals surface area contributed by atoms with Gasteiger partial charge in [-0.2, -0.15) is 0 Å². The number of halogens is 3. The minimum atomic E-state index is -0.103. The molecule has 1 saturated heterocycles. The van der Waals surface area contributed by atoms with Crippen LogP contribution in [0.25, 0.3) is 0 Å². The topological polar surface area (TPSA) is 15.3 Å². The fourth-order valence-corrected chi connectivity index (χ4v) is 3.17. The van der Waals surface area contributed by atoms with Crippen LogP contribution in [-0.4, -0.2) is 30.6 Å². The number of piperidine rings is 1. The maximum atomic E-state index is 13.8. The summed E-state index contributed by atoms with van der Waals surface area (Å²) < 4.78 is 14.6. The van der Waals surface area contributed by atoms with Gasteiger partial charge in [0.1, 0.15) is 5.82 Å². The number of nitrogens with zero attached hydrogens (tertiary/aromatic N) is 1. The number of benzene rings is 1. The lowest BCUT2D eigenvalue weighted by Crippen LogP contribution is -2.42. The van der Waals surface area contributed by atoms with E-state index in [1.165, 1.54) is 32.2 Å². The average Bonchev–Trinajstić information content (AvgIpc) is 3.25. The first-order chi connectivity index (χ1) is 9.70. The molecule has 5 heteroatoms. The van der Waals surface area contributed by atoms with Gasteiger partial charge >= 0.3 is 0 Å². The first-order valence-electron chi connectivity index (χ1n) is 7.60. The van der Waals surface area contributed by atoms with Crippen LogP contribution in [0.3, 0.4) is 0 Å². The molecule has 2 aliphatic rings. The fraction of sp³-hybridized carbons (Fsp3) is 0.625. The fourth-order valence-electron chi connectivity index (χ4n) is 2.84. The highest BCUT2D eigenvalue weighted by atomic mass is 79.9. The second kappa shape index (κ2) is 7.91. The first kappa shape index (κ1) is 17.2. The Morgan fingerprint density at radius 1 is 1.19 bits per heavy atom. The van der Waals surface area contributed by atoms with Gasteiger partial charge in [-0.25, -0.2) is 4.39 Å². The standard InChI is InChI=1S/C16H22BrFN2.ClH/c17-14-4-3-13(16(18)9-14)11-20-7-5-15(6-8-20)19-10-12-1-2-12;/h3-4,9,12,15,19H,1-2,5-8,10-11H2;1H. The molecule has 2 nitrogen and oxygen atoms in total. The monoisotopic (exact) mass is 376 g/mol. The minimum absolute atomic E-state index is 0. The Morgan fingerprint density at radius 2 is 1.90 bits per heavy atom. The minimum Gasteiger partial charge on any atom is -0.314 e. The highest BCUT2D eigenvalue weighted by Gasteiger charge is 2.24. The number of likely N-dealkylation sites (tertiary alicyclic amines) is 1. The molecule has 1 N–H and O–H groups in total. The van der Waals surface area contributed by atoms with Crippen LogP contribution in [0.4, 0.5) is 4.39 Å². The summed E-state index contributed by atoms with van der Waals surface area (Å²) in [6.45, 7) is 4.07. The summed E-state index contributed by atoms with van der Waals surface area (Å²) in [5.74, 6) is 0.846. The molecule has 1 aromatic carbocycles. The maximum absolute atomic E-state index is 13.8. The SMILES string of the molecule is Cl.Fc1cc(Br)ccc1CN1CCC(NCC2CC2)CC1. The Labute approximate surface area is 141 Å². The molecule has 0 amide bonds. The Kier molecular flexibility index (Phi) is 6.48. The molecule has 21 heavy (non-hydrogen) atoms. The van der Waals surface area contributed by atoms with Gasteiger partial charge in [0.25, 0.3) is 0 Å². The Hall–Kier alpha value is -0.160. The Bertz CT molecular complexity index is 460. The van der Waals surface area contributed by atoms with Crippen LogP contribution in [0.15, 0.2) is 22.7 Å². The van der Waals surface area contributed by atoms with Gasteiger partial charge in [-0.1, -0.05) is 22.0 Å². The third-order valence-corrected chi connectivity index (χ3v) is 4.88. The Balaban J connectivity index is 0.00000161. The van der Waals surface area contributed by atoms with Gasteiger partial charge in [0.05, 0.1) is 0 Å². The molecule has 2 fully saturated rings. The first-order valence-corrected chi connectivity index (χ1v) is 8.39.